The van der Waals surface area contributed by atoms with Gasteiger partial charge in [0.2, 0.25) is 0 Å². The predicted molar refractivity (Wildman–Crippen MR) is 84.2 cm³/mol. The highest BCUT2D eigenvalue weighted by molar-refractivity contribution is 6.33. The van der Waals surface area contributed by atoms with Crippen molar-refractivity contribution in [1.82, 2.24) is 0 Å². The van der Waals surface area contributed by atoms with Gasteiger partial charge in [0.05, 0.1) is 16.8 Å². The van der Waals surface area contributed by atoms with Gasteiger partial charge in [-0.2, -0.15) is 0 Å². The zero-order valence-corrected chi connectivity index (χ0v) is 12.1. The van der Waals surface area contributed by atoms with Crippen LogP contribution in [0.15, 0.2) is 54.6 Å². The van der Waals surface area contributed by atoms with Crippen LogP contribution in [0.2, 0.25) is 5.02 Å². The third-order valence-electron chi connectivity index (χ3n) is 4.59. The first-order valence-electron chi connectivity index (χ1n) is 7.22. The molecule has 0 radical (unpaired) electrons. The number of anilines is 1. The number of fused-ring (bicyclic) bond motifs is 3. The summed E-state index contributed by atoms with van der Waals surface area (Å²) < 4.78 is 14.2. The van der Waals surface area contributed by atoms with Crippen LogP contribution in [-0.4, -0.2) is 0 Å². The number of allylic oxidation sites excluding steroid dienone is 2. The maximum atomic E-state index is 14.2. The lowest BCUT2D eigenvalue weighted by Gasteiger charge is -2.38. The van der Waals surface area contributed by atoms with E-state index in [0.717, 1.165) is 17.7 Å². The SMILES string of the molecule is Fc1ccccc1[C@@H]1Nc2c(Cl)cccc2[C@H]2C=CC[C@@H]21. The van der Waals surface area contributed by atoms with E-state index in [1.54, 1.807) is 6.07 Å². The van der Waals surface area contributed by atoms with E-state index < -0.39 is 0 Å². The summed E-state index contributed by atoms with van der Waals surface area (Å²) in [7, 11) is 0. The Morgan fingerprint density at radius 3 is 2.71 bits per heavy atom. The van der Waals surface area contributed by atoms with E-state index in [1.807, 2.05) is 24.3 Å². The van der Waals surface area contributed by atoms with E-state index in [4.69, 9.17) is 11.6 Å². The lowest BCUT2D eigenvalue weighted by molar-refractivity contribution is 0.413. The summed E-state index contributed by atoms with van der Waals surface area (Å²) >= 11 is 6.34. The third-order valence-corrected chi connectivity index (χ3v) is 4.90. The van der Waals surface area contributed by atoms with Crippen LogP contribution in [0.25, 0.3) is 0 Å². The zero-order chi connectivity index (χ0) is 14.4. The molecule has 0 amide bonds. The van der Waals surface area contributed by atoms with Gasteiger partial charge >= 0.3 is 0 Å². The molecule has 1 nitrogen and oxygen atoms in total. The molecule has 0 unspecified atom stereocenters. The molecular weight excluding hydrogens is 285 g/mol. The monoisotopic (exact) mass is 299 g/mol. The van der Waals surface area contributed by atoms with Gasteiger partial charge in [0.1, 0.15) is 5.82 Å². The van der Waals surface area contributed by atoms with Gasteiger partial charge in [-0.25, -0.2) is 4.39 Å². The van der Waals surface area contributed by atoms with E-state index in [2.05, 4.69) is 23.5 Å². The Bertz CT molecular complexity index is 725. The van der Waals surface area contributed by atoms with Gasteiger partial charge in [-0.05, 0) is 30.0 Å². The molecule has 0 aromatic heterocycles. The molecule has 1 heterocycles. The second-order valence-electron chi connectivity index (χ2n) is 5.70. The minimum absolute atomic E-state index is 0.0430. The second-order valence-corrected chi connectivity index (χ2v) is 6.11. The van der Waals surface area contributed by atoms with Gasteiger partial charge in [0.25, 0.3) is 0 Å². The molecule has 1 aliphatic heterocycles. The Morgan fingerprint density at radius 2 is 1.86 bits per heavy atom. The van der Waals surface area contributed by atoms with E-state index >= 15 is 0 Å². The quantitative estimate of drug-likeness (QED) is 0.704. The largest absolute Gasteiger partial charge is 0.376 e. The molecular formula is C18H15ClFN. The molecule has 2 aromatic rings. The number of halogens is 2. The average Bonchev–Trinajstić information content (AvgIpc) is 2.97. The van der Waals surface area contributed by atoms with Crippen molar-refractivity contribution >= 4 is 17.3 Å². The van der Waals surface area contributed by atoms with Gasteiger partial charge in [-0.3, -0.25) is 0 Å². The first-order valence-corrected chi connectivity index (χ1v) is 7.59. The smallest absolute Gasteiger partial charge is 0.128 e. The average molecular weight is 300 g/mol. The van der Waals surface area contributed by atoms with Crippen molar-refractivity contribution in [2.75, 3.05) is 5.32 Å². The molecule has 0 bridgehead atoms. The summed E-state index contributed by atoms with van der Waals surface area (Å²) in [5.41, 5.74) is 2.89. The van der Waals surface area contributed by atoms with Crippen LogP contribution < -0.4 is 5.32 Å². The summed E-state index contributed by atoms with van der Waals surface area (Å²) in [6.07, 6.45) is 5.39. The molecule has 3 heteroatoms. The molecule has 4 rings (SSSR count). The standard InChI is InChI=1S/C18H15ClFN/c19-15-9-4-8-13-11-6-3-7-12(11)17(21-18(13)15)14-5-1-2-10-16(14)20/h1-6,8-12,17,21H,7H2/t11-,12-,17+/m0/s1. The summed E-state index contributed by atoms with van der Waals surface area (Å²) in [4.78, 5) is 0. The topological polar surface area (TPSA) is 12.0 Å². The van der Waals surface area contributed by atoms with Crippen molar-refractivity contribution in [1.29, 1.82) is 0 Å². The van der Waals surface area contributed by atoms with Gasteiger partial charge in [-0.15, -0.1) is 0 Å². The summed E-state index contributed by atoms with van der Waals surface area (Å²) in [5, 5.41) is 4.18. The number of hydrogen-bond donors (Lipinski definition) is 1. The highest BCUT2D eigenvalue weighted by Gasteiger charge is 2.39. The molecule has 0 spiro atoms. The number of rotatable bonds is 1. The Labute approximate surface area is 128 Å². The van der Waals surface area contributed by atoms with Crippen molar-refractivity contribution in [3.8, 4) is 0 Å². The van der Waals surface area contributed by atoms with Gasteiger partial charge in [-0.1, -0.05) is 54.1 Å². The lowest BCUT2D eigenvalue weighted by atomic mass is 9.77. The summed E-state index contributed by atoms with van der Waals surface area (Å²) in [5.74, 6) is 0.494. The number of nitrogens with one attached hydrogen (secondary N) is 1. The number of para-hydroxylation sites is 1. The van der Waals surface area contributed by atoms with Crippen molar-refractivity contribution in [3.05, 3.63) is 76.6 Å². The Kier molecular flexibility index (Phi) is 3.00. The van der Waals surface area contributed by atoms with Gasteiger partial charge in [0, 0.05) is 11.5 Å². The van der Waals surface area contributed by atoms with Crippen LogP contribution in [0.5, 0.6) is 0 Å². The highest BCUT2D eigenvalue weighted by atomic mass is 35.5. The molecule has 21 heavy (non-hydrogen) atoms. The van der Waals surface area contributed by atoms with E-state index in [9.17, 15) is 4.39 Å². The summed E-state index contributed by atoms with van der Waals surface area (Å²) in [6, 6.07) is 12.9. The van der Waals surface area contributed by atoms with Gasteiger partial charge < -0.3 is 5.32 Å². The number of hydrogen-bond acceptors (Lipinski definition) is 1. The Balaban J connectivity index is 1.85. The molecule has 2 aliphatic rings. The van der Waals surface area contributed by atoms with Gasteiger partial charge in [0.15, 0.2) is 0 Å². The first-order chi connectivity index (χ1) is 10.3. The molecule has 2 aromatic carbocycles. The first kappa shape index (κ1) is 12.9. The Hall–Kier alpha value is -1.80. The maximum absolute atomic E-state index is 14.2. The van der Waals surface area contributed by atoms with Crippen LogP contribution in [0.3, 0.4) is 0 Å². The van der Waals surface area contributed by atoms with Crippen LogP contribution in [0.1, 0.15) is 29.5 Å². The molecule has 3 atom stereocenters. The lowest BCUT2D eigenvalue weighted by Crippen LogP contribution is -2.29. The van der Waals surface area contributed by atoms with E-state index in [1.165, 1.54) is 11.6 Å². The summed E-state index contributed by atoms with van der Waals surface area (Å²) in [6.45, 7) is 0. The van der Waals surface area contributed by atoms with Crippen molar-refractivity contribution < 1.29 is 4.39 Å². The molecule has 106 valence electrons. The molecule has 1 N–H and O–H groups in total. The van der Waals surface area contributed by atoms with E-state index in [0.29, 0.717) is 16.9 Å². The molecule has 1 aliphatic carbocycles. The zero-order valence-electron chi connectivity index (χ0n) is 11.4. The normalized spacial score (nSPS) is 26.1. The fraction of sp³-hybridized carbons (Fsp3) is 0.222. The van der Waals surface area contributed by atoms with Crippen molar-refractivity contribution in [2.24, 2.45) is 5.92 Å². The molecule has 0 saturated heterocycles. The minimum Gasteiger partial charge on any atom is -0.376 e. The van der Waals surface area contributed by atoms with Crippen molar-refractivity contribution in [2.45, 2.75) is 18.4 Å². The molecule has 0 saturated carbocycles. The number of benzene rings is 2. The maximum Gasteiger partial charge on any atom is 0.128 e. The second kappa shape index (κ2) is 4.88. The molecule has 0 fully saturated rings. The van der Waals surface area contributed by atoms with Crippen LogP contribution in [0, 0.1) is 11.7 Å². The third kappa shape index (κ3) is 1.97. The minimum atomic E-state index is -0.156. The van der Waals surface area contributed by atoms with E-state index in [-0.39, 0.29) is 11.9 Å². The fourth-order valence-electron chi connectivity index (χ4n) is 3.62. The van der Waals surface area contributed by atoms with Crippen molar-refractivity contribution in [3.63, 3.8) is 0 Å². The predicted octanol–water partition coefficient (Wildman–Crippen LogP) is 5.31. The van der Waals surface area contributed by atoms with Crippen LogP contribution >= 0.6 is 11.6 Å². The fourth-order valence-corrected chi connectivity index (χ4v) is 3.85. The Morgan fingerprint density at radius 1 is 1.05 bits per heavy atom. The van der Waals surface area contributed by atoms with Crippen LogP contribution in [-0.2, 0) is 0 Å². The van der Waals surface area contributed by atoms with Crippen LogP contribution in [0.4, 0.5) is 10.1 Å². The highest BCUT2D eigenvalue weighted by Crippen LogP contribution is 2.51.